The summed E-state index contributed by atoms with van der Waals surface area (Å²) in [5.41, 5.74) is 6.97. The second kappa shape index (κ2) is 8.97. The van der Waals surface area contributed by atoms with E-state index in [4.69, 9.17) is 17.3 Å². The Kier molecular flexibility index (Phi) is 6.13. The number of likely N-dealkylation sites (tertiary alicyclic amines) is 1. The van der Waals surface area contributed by atoms with Crippen LogP contribution in [0, 0.1) is 0 Å². The summed E-state index contributed by atoms with van der Waals surface area (Å²) < 4.78 is 0. The molecule has 0 unspecified atom stereocenters. The van der Waals surface area contributed by atoms with Crippen molar-refractivity contribution in [2.75, 3.05) is 35.7 Å². The zero-order chi connectivity index (χ0) is 22.0. The van der Waals surface area contributed by atoms with Crippen molar-refractivity contribution < 1.29 is 9.59 Å². The molecule has 0 radical (unpaired) electrons. The molecule has 9 nitrogen and oxygen atoms in total. The Bertz CT molecular complexity index is 990. The zero-order valence-corrected chi connectivity index (χ0v) is 18.2. The highest BCUT2D eigenvalue weighted by molar-refractivity contribution is 6.33. The SMILES string of the molecule is CN(c1nc(Nc2ccc(Cl)c(NC(=O)N3CCCC3)c2)ncc1C(N)=O)C1CCC1. The van der Waals surface area contributed by atoms with Crippen molar-refractivity contribution in [3.8, 4) is 0 Å². The first kappa shape index (κ1) is 21.2. The molecule has 10 heteroatoms. The first-order valence-electron chi connectivity index (χ1n) is 10.4. The van der Waals surface area contributed by atoms with Gasteiger partial charge in [-0.15, -0.1) is 0 Å². The fraction of sp³-hybridized carbons (Fsp3) is 0.429. The molecule has 0 spiro atoms. The number of aromatic nitrogens is 2. The fourth-order valence-electron chi connectivity index (χ4n) is 3.77. The Morgan fingerprint density at radius 1 is 1.23 bits per heavy atom. The molecule has 31 heavy (non-hydrogen) atoms. The Hall–Kier alpha value is -3.07. The average molecular weight is 444 g/mol. The van der Waals surface area contributed by atoms with Gasteiger partial charge >= 0.3 is 6.03 Å². The Morgan fingerprint density at radius 3 is 2.61 bits per heavy atom. The minimum atomic E-state index is -0.564. The molecule has 2 aliphatic rings. The van der Waals surface area contributed by atoms with E-state index in [2.05, 4.69) is 20.6 Å². The number of nitrogens with one attached hydrogen (secondary N) is 2. The zero-order valence-electron chi connectivity index (χ0n) is 17.4. The van der Waals surface area contributed by atoms with Crippen molar-refractivity contribution >= 4 is 46.7 Å². The van der Waals surface area contributed by atoms with Crippen molar-refractivity contribution in [3.05, 3.63) is 35.0 Å². The molecule has 164 valence electrons. The summed E-state index contributed by atoms with van der Waals surface area (Å²) in [5, 5.41) is 6.43. The minimum absolute atomic E-state index is 0.164. The van der Waals surface area contributed by atoms with Crippen LogP contribution in [-0.4, -0.2) is 53.0 Å². The maximum absolute atomic E-state index is 12.4. The van der Waals surface area contributed by atoms with Crippen molar-refractivity contribution in [2.45, 2.75) is 38.1 Å². The summed E-state index contributed by atoms with van der Waals surface area (Å²) in [5.74, 6) is 0.266. The predicted molar refractivity (Wildman–Crippen MR) is 121 cm³/mol. The highest BCUT2D eigenvalue weighted by Crippen LogP contribution is 2.31. The fourth-order valence-corrected chi connectivity index (χ4v) is 3.93. The van der Waals surface area contributed by atoms with Crippen molar-refractivity contribution in [1.29, 1.82) is 0 Å². The molecule has 4 N–H and O–H groups in total. The number of halogens is 1. The number of primary amides is 1. The molecular weight excluding hydrogens is 418 g/mol. The van der Waals surface area contributed by atoms with Gasteiger partial charge in [0.2, 0.25) is 5.95 Å². The normalized spacial score (nSPS) is 16.0. The van der Waals surface area contributed by atoms with E-state index in [1.165, 1.54) is 6.20 Å². The molecule has 0 atom stereocenters. The van der Waals surface area contributed by atoms with Gasteiger partial charge in [0.1, 0.15) is 11.4 Å². The molecule has 2 aromatic rings. The highest BCUT2D eigenvalue weighted by atomic mass is 35.5. The van der Waals surface area contributed by atoms with E-state index in [-0.39, 0.29) is 11.6 Å². The van der Waals surface area contributed by atoms with Gasteiger partial charge < -0.3 is 26.2 Å². The first-order valence-corrected chi connectivity index (χ1v) is 10.8. The number of carbonyl (C=O) groups is 2. The summed E-state index contributed by atoms with van der Waals surface area (Å²) in [6.45, 7) is 1.50. The summed E-state index contributed by atoms with van der Waals surface area (Å²) in [7, 11) is 1.91. The lowest BCUT2D eigenvalue weighted by atomic mass is 9.91. The van der Waals surface area contributed by atoms with E-state index < -0.39 is 5.91 Å². The van der Waals surface area contributed by atoms with Crippen LogP contribution in [0.4, 0.5) is 27.9 Å². The predicted octanol–water partition coefficient (Wildman–Crippen LogP) is 3.59. The van der Waals surface area contributed by atoms with Gasteiger partial charge in [-0.25, -0.2) is 9.78 Å². The van der Waals surface area contributed by atoms with E-state index in [9.17, 15) is 9.59 Å². The molecule has 1 aliphatic carbocycles. The minimum Gasteiger partial charge on any atom is -0.365 e. The third-order valence-electron chi connectivity index (χ3n) is 5.85. The number of nitrogens with two attached hydrogens (primary N) is 1. The topological polar surface area (TPSA) is 116 Å². The van der Waals surface area contributed by atoms with Crippen molar-refractivity contribution in [2.24, 2.45) is 5.73 Å². The Balaban J connectivity index is 1.54. The maximum atomic E-state index is 12.4. The van der Waals surface area contributed by atoms with Gasteiger partial charge in [0.25, 0.3) is 5.91 Å². The van der Waals surface area contributed by atoms with Crippen LogP contribution in [0.1, 0.15) is 42.5 Å². The van der Waals surface area contributed by atoms with Gasteiger partial charge in [-0.2, -0.15) is 4.98 Å². The van der Waals surface area contributed by atoms with Crippen molar-refractivity contribution in [3.63, 3.8) is 0 Å². The number of hydrogen-bond acceptors (Lipinski definition) is 6. The van der Waals surface area contributed by atoms with E-state index in [1.807, 2.05) is 11.9 Å². The lowest BCUT2D eigenvalue weighted by molar-refractivity contribution is 0.1000. The van der Waals surface area contributed by atoms with Crippen LogP contribution in [0.2, 0.25) is 5.02 Å². The summed E-state index contributed by atoms with van der Waals surface area (Å²) in [4.78, 5) is 36.8. The molecule has 1 saturated carbocycles. The van der Waals surface area contributed by atoms with Crippen LogP contribution in [0.15, 0.2) is 24.4 Å². The second-order valence-corrected chi connectivity index (χ2v) is 8.34. The number of hydrogen-bond donors (Lipinski definition) is 3. The Morgan fingerprint density at radius 2 is 1.97 bits per heavy atom. The Labute approximate surface area is 186 Å². The first-order chi connectivity index (χ1) is 14.9. The molecule has 1 aliphatic heterocycles. The second-order valence-electron chi connectivity index (χ2n) is 7.93. The molecule has 1 saturated heterocycles. The highest BCUT2D eigenvalue weighted by Gasteiger charge is 2.26. The van der Waals surface area contributed by atoms with Gasteiger partial charge in [0.15, 0.2) is 0 Å². The molecular formula is C21H26ClN7O2. The molecule has 4 rings (SSSR count). The lowest BCUT2D eigenvalue weighted by Gasteiger charge is -2.36. The van der Waals surface area contributed by atoms with Crippen molar-refractivity contribution in [1.82, 2.24) is 14.9 Å². The third kappa shape index (κ3) is 4.66. The average Bonchev–Trinajstić information content (AvgIpc) is 3.24. The number of benzene rings is 1. The van der Waals surface area contributed by atoms with E-state index in [0.717, 1.165) is 45.2 Å². The molecule has 3 amide bonds. The standard InChI is InChI=1S/C21H26ClN7O2/c1-28(14-5-4-6-14)19-15(18(23)30)12-24-20(27-19)25-13-7-8-16(22)17(11-13)26-21(31)29-9-2-3-10-29/h7-8,11-12,14H,2-6,9-10H2,1H3,(H2,23,30)(H,26,31)(H,24,25,27). The van der Waals surface area contributed by atoms with Crippen LogP contribution in [0.3, 0.4) is 0 Å². The third-order valence-corrected chi connectivity index (χ3v) is 6.18. The van der Waals surface area contributed by atoms with Gasteiger partial charge in [-0.05, 0) is 50.3 Å². The van der Waals surface area contributed by atoms with Crippen LogP contribution >= 0.6 is 11.6 Å². The number of nitrogens with zero attached hydrogens (tertiary/aromatic N) is 4. The summed E-state index contributed by atoms with van der Waals surface area (Å²) in [6.07, 6.45) is 6.73. The molecule has 1 aromatic heterocycles. The maximum Gasteiger partial charge on any atom is 0.321 e. The number of carbonyl (C=O) groups excluding carboxylic acids is 2. The number of anilines is 4. The van der Waals surface area contributed by atoms with Crippen LogP contribution in [0.25, 0.3) is 0 Å². The van der Waals surface area contributed by atoms with Gasteiger partial charge in [0, 0.05) is 38.1 Å². The summed E-state index contributed by atoms with van der Waals surface area (Å²) >= 11 is 6.28. The summed E-state index contributed by atoms with van der Waals surface area (Å²) in [6, 6.07) is 5.38. The molecule has 2 heterocycles. The van der Waals surface area contributed by atoms with Gasteiger partial charge in [-0.3, -0.25) is 4.79 Å². The molecule has 0 bridgehead atoms. The van der Waals surface area contributed by atoms with E-state index in [0.29, 0.717) is 34.2 Å². The van der Waals surface area contributed by atoms with E-state index in [1.54, 1.807) is 23.1 Å². The van der Waals surface area contributed by atoms with Crippen LogP contribution in [-0.2, 0) is 0 Å². The molecule has 1 aromatic carbocycles. The van der Waals surface area contributed by atoms with Gasteiger partial charge in [0.05, 0.1) is 10.7 Å². The number of rotatable bonds is 6. The van der Waals surface area contributed by atoms with E-state index >= 15 is 0 Å². The lowest BCUT2D eigenvalue weighted by Crippen LogP contribution is -2.39. The van der Waals surface area contributed by atoms with Crippen LogP contribution < -0.4 is 21.3 Å². The van der Waals surface area contributed by atoms with Crippen LogP contribution in [0.5, 0.6) is 0 Å². The number of urea groups is 1. The molecule has 2 fully saturated rings. The van der Waals surface area contributed by atoms with Gasteiger partial charge in [-0.1, -0.05) is 11.6 Å². The number of amides is 3. The quantitative estimate of drug-likeness (QED) is 0.628. The largest absolute Gasteiger partial charge is 0.365 e. The monoisotopic (exact) mass is 443 g/mol. The smallest absolute Gasteiger partial charge is 0.321 e.